The van der Waals surface area contributed by atoms with E-state index in [0.717, 1.165) is 37.5 Å². The third-order valence-corrected chi connectivity index (χ3v) is 5.71. The molecule has 162 valence electrons. The van der Waals surface area contributed by atoms with Crippen molar-refractivity contribution in [2.45, 2.75) is 26.2 Å². The van der Waals surface area contributed by atoms with Gasteiger partial charge in [-0.1, -0.05) is 37.3 Å². The third-order valence-electron chi connectivity index (χ3n) is 5.71. The van der Waals surface area contributed by atoms with Crippen molar-refractivity contribution in [3.8, 4) is 5.75 Å². The van der Waals surface area contributed by atoms with E-state index in [2.05, 4.69) is 22.5 Å². The fourth-order valence-electron chi connectivity index (χ4n) is 4.10. The smallest absolute Gasteiger partial charge is 0.291 e. The molecule has 0 aliphatic carbocycles. The van der Waals surface area contributed by atoms with E-state index < -0.39 is 0 Å². The molecular weight excluding hydrogens is 390 g/mol. The van der Waals surface area contributed by atoms with Gasteiger partial charge in [0.25, 0.3) is 11.8 Å². The lowest BCUT2D eigenvalue weighted by atomic mass is 10.0. The second-order valence-electron chi connectivity index (χ2n) is 8.34. The van der Waals surface area contributed by atoms with Gasteiger partial charge in [-0.2, -0.15) is 0 Å². The summed E-state index contributed by atoms with van der Waals surface area (Å²) in [6.07, 6.45) is 5.20. The molecule has 2 aromatic rings. The lowest BCUT2D eigenvalue weighted by molar-refractivity contribution is -0.115. The van der Waals surface area contributed by atoms with Crippen LogP contribution in [0.25, 0.3) is 6.08 Å². The average Bonchev–Trinajstić information content (AvgIpc) is 2.77. The number of hydrogen-bond donors (Lipinski definition) is 2. The van der Waals surface area contributed by atoms with E-state index in [-0.39, 0.29) is 17.6 Å². The highest BCUT2D eigenvalue weighted by Gasteiger charge is 2.23. The number of carbonyl (C=O) groups excluding carboxylic acids is 2. The number of hydrogen-bond acceptors (Lipinski definition) is 4. The monoisotopic (exact) mass is 419 g/mol. The molecule has 6 nitrogen and oxygen atoms in total. The van der Waals surface area contributed by atoms with Crippen LogP contribution in [0.4, 0.5) is 5.69 Å². The van der Waals surface area contributed by atoms with Gasteiger partial charge in [0, 0.05) is 18.7 Å². The van der Waals surface area contributed by atoms with Crippen LogP contribution in [0.2, 0.25) is 0 Å². The Morgan fingerprint density at radius 3 is 2.90 bits per heavy atom. The molecule has 0 aromatic heterocycles. The van der Waals surface area contributed by atoms with E-state index in [1.165, 1.54) is 12.8 Å². The Kier molecular flexibility index (Phi) is 6.67. The van der Waals surface area contributed by atoms with Crippen LogP contribution in [0.15, 0.2) is 54.3 Å². The van der Waals surface area contributed by atoms with Crippen LogP contribution in [0.3, 0.4) is 0 Å². The highest BCUT2D eigenvalue weighted by molar-refractivity contribution is 6.09. The molecule has 0 radical (unpaired) electrons. The molecule has 2 aliphatic rings. The van der Waals surface area contributed by atoms with Crippen molar-refractivity contribution < 1.29 is 14.3 Å². The summed E-state index contributed by atoms with van der Waals surface area (Å²) < 4.78 is 5.77. The molecule has 6 heteroatoms. The molecule has 31 heavy (non-hydrogen) atoms. The Labute approximate surface area is 183 Å². The lowest BCUT2D eigenvalue weighted by Gasteiger charge is -2.30. The molecule has 2 N–H and O–H groups in total. The van der Waals surface area contributed by atoms with Crippen molar-refractivity contribution >= 4 is 23.6 Å². The fourth-order valence-corrected chi connectivity index (χ4v) is 4.10. The predicted octanol–water partition coefficient (Wildman–Crippen LogP) is 3.91. The molecule has 2 aromatic carbocycles. The van der Waals surface area contributed by atoms with Crippen LogP contribution in [0, 0.1) is 5.92 Å². The number of fused-ring (bicyclic) bond motifs is 1. The quantitative estimate of drug-likeness (QED) is 0.550. The highest BCUT2D eigenvalue weighted by atomic mass is 16.5. The predicted molar refractivity (Wildman–Crippen MR) is 122 cm³/mol. The van der Waals surface area contributed by atoms with E-state index in [9.17, 15) is 9.59 Å². The third kappa shape index (κ3) is 5.52. The number of likely N-dealkylation sites (tertiary alicyclic amines) is 1. The largest absolute Gasteiger partial charge is 0.449 e. The first kappa shape index (κ1) is 21.1. The van der Waals surface area contributed by atoms with E-state index in [1.54, 1.807) is 24.3 Å². The van der Waals surface area contributed by atoms with Crippen molar-refractivity contribution in [3.05, 3.63) is 65.4 Å². The number of carbonyl (C=O) groups is 2. The van der Waals surface area contributed by atoms with Gasteiger partial charge in [-0.05, 0) is 68.1 Å². The number of nitrogens with zero attached hydrogens (tertiary/aromatic N) is 1. The number of benzene rings is 2. The van der Waals surface area contributed by atoms with Crippen LogP contribution in [-0.2, 0) is 4.79 Å². The second kappa shape index (κ2) is 9.79. The van der Waals surface area contributed by atoms with Crippen molar-refractivity contribution in [2.24, 2.45) is 5.92 Å². The number of nitrogens with one attached hydrogen (secondary N) is 2. The van der Waals surface area contributed by atoms with E-state index in [1.807, 2.05) is 30.3 Å². The summed E-state index contributed by atoms with van der Waals surface area (Å²) in [5, 5.41) is 5.80. The SMILES string of the molecule is C[C@H]1CCCN(CCCNC(=O)c2ccc3c(c2)NC(=O)/C(=C\c2ccccc2)O3)C1. The van der Waals surface area contributed by atoms with Gasteiger partial charge in [0.05, 0.1) is 5.69 Å². The number of ether oxygens (including phenoxy) is 1. The molecule has 2 aliphatic heterocycles. The number of rotatable bonds is 6. The van der Waals surface area contributed by atoms with Crippen LogP contribution in [0.5, 0.6) is 5.75 Å². The Morgan fingerprint density at radius 1 is 1.26 bits per heavy atom. The minimum atomic E-state index is -0.329. The zero-order valence-electron chi connectivity index (χ0n) is 17.9. The molecule has 2 amide bonds. The molecule has 1 atom stereocenters. The minimum Gasteiger partial charge on any atom is -0.449 e. The van der Waals surface area contributed by atoms with Crippen LogP contribution >= 0.6 is 0 Å². The second-order valence-corrected chi connectivity index (χ2v) is 8.34. The van der Waals surface area contributed by atoms with E-state index >= 15 is 0 Å². The van der Waals surface area contributed by atoms with Crippen molar-refractivity contribution in [1.82, 2.24) is 10.2 Å². The van der Waals surface area contributed by atoms with Crippen molar-refractivity contribution in [2.75, 3.05) is 31.5 Å². The Hall–Kier alpha value is -3.12. The topological polar surface area (TPSA) is 70.7 Å². The summed E-state index contributed by atoms with van der Waals surface area (Å²) in [5.74, 6) is 1.04. The summed E-state index contributed by atoms with van der Waals surface area (Å²) in [5.41, 5.74) is 1.89. The highest BCUT2D eigenvalue weighted by Crippen LogP contribution is 2.32. The average molecular weight is 420 g/mol. The number of anilines is 1. The summed E-state index contributed by atoms with van der Waals surface area (Å²) >= 11 is 0. The van der Waals surface area contributed by atoms with E-state index in [4.69, 9.17) is 4.74 Å². The maximum atomic E-state index is 12.5. The van der Waals surface area contributed by atoms with Gasteiger partial charge in [-0.15, -0.1) is 0 Å². The van der Waals surface area contributed by atoms with Crippen LogP contribution < -0.4 is 15.4 Å². The zero-order valence-corrected chi connectivity index (χ0v) is 17.9. The Morgan fingerprint density at radius 2 is 2.10 bits per heavy atom. The number of amides is 2. The first-order valence-electron chi connectivity index (χ1n) is 11.0. The number of piperidine rings is 1. The van der Waals surface area contributed by atoms with Gasteiger partial charge in [0.15, 0.2) is 11.5 Å². The Bertz CT molecular complexity index is 971. The van der Waals surface area contributed by atoms with Gasteiger partial charge < -0.3 is 20.3 Å². The summed E-state index contributed by atoms with van der Waals surface area (Å²) in [7, 11) is 0. The van der Waals surface area contributed by atoms with Crippen LogP contribution in [-0.4, -0.2) is 42.9 Å². The Balaban J connectivity index is 1.32. The van der Waals surface area contributed by atoms with Gasteiger partial charge in [-0.25, -0.2) is 0 Å². The minimum absolute atomic E-state index is 0.144. The molecule has 0 bridgehead atoms. The fraction of sp³-hybridized carbons (Fsp3) is 0.360. The molecule has 4 rings (SSSR count). The molecular formula is C25H29N3O3. The lowest BCUT2D eigenvalue weighted by Crippen LogP contribution is -2.36. The summed E-state index contributed by atoms with van der Waals surface area (Å²) in [6, 6.07) is 14.6. The van der Waals surface area contributed by atoms with Gasteiger partial charge in [0.2, 0.25) is 0 Å². The summed E-state index contributed by atoms with van der Waals surface area (Å²) in [6.45, 7) is 6.25. The zero-order chi connectivity index (χ0) is 21.6. The molecule has 0 unspecified atom stereocenters. The molecule has 0 saturated carbocycles. The molecule has 1 saturated heterocycles. The maximum Gasteiger partial charge on any atom is 0.291 e. The first-order chi connectivity index (χ1) is 15.1. The van der Waals surface area contributed by atoms with Gasteiger partial charge in [-0.3, -0.25) is 9.59 Å². The maximum absolute atomic E-state index is 12.5. The normalized spacial score (nSPS) is 20.0. The standard InChI is InChI=1S/C25H29N3O3/c1-18-7-5-13-28(17-18)14-6-12-26-24(29)20-10-11-22-21(16-20)27-25(30)23(31-22)15-19-8-3-2-4-9-19/h2-4,8-11,15-16,18H,5-7,12-14,17H2,1H3,(H,26,29)(H,27,30)/b23-15+/t18-/m0/s1. The van der Waals surface area contributed by atoms with Crippen molar-refractivity contribution in [3.63, 3.8) is 0 Å². The van der Waals surface area contributed by atoms with Gasteiger partial charge >= 0.3 is 0 Å². The van der Waals surface area contributed by atoms with Crippen LogP contribution in [0.1, 0.15) is 42.1 Å². The first-order valence-corrected chi connectivity index (χ1v) is 11.0. The van der Waals surface area contributed by atoms with E-state index in [0.29, 0.717) is 23.5 Å². The molecule has 1 fully saturated rings. The summed E-state index contributed by atoms with van der Waals surface area (Å²) in [4.78, 5) is 27.4. The molecule has 2 heterocycles. The van der Waals surface area contributed by atoms with Crippen molar-refractivity contribution in [1.29, 1.82) is 0 Å². The molecule has 0 spiro atoms. The van der Waals surface area contributed by atoms with Gasteiger partial charge in [0.1, 0.15) is 0 Å².